The van der Waals surface area contributed by atoms with Crippen LogP contribution in [0.3, 0.4) is 0 Å². The number of ketones is 2. The number of hydrogen-bond donors (Lipinski definition) is 2. The predicted octanol–water partition coefficient (Wildman–Crippen LogP) is 3.25. The molecule has 0 unspecified atom stereocenters. The Labute approximate surface area is 206 Å². The molecule has 36 heavy (non-hydrogen) atoms. The number of carbonyl (C=O) groups is 2. The van der Waals surface area contributed by atoms with Crippen molar-refractivity contribution in [2.75, 3.05) is 7.11 Å². The molecule has 1 aliphatic carbocycles. The van der Waals surface area contributed by atoms with E-state index in [4.69, 9.17) is 9.47 Å². The number of nitrogens with zero attached hydrogens (tertiary/aromatic N) is 2. The van der Waals surface area contributed by atoms with Crippen molar-refractivity contribution >= 4 is 27.7 Å². The van der Waals surface area contributed by atoms with Crippen molar-refractivity contribution in [2.45, 2.75) is 38.0 Å². The first-order valence-corrected chi connectivity index (χ1v) is 12.3. The van der Waals surface area contributed by atoms with Gasteiger partial charge in [-0.1, -0.05) is 0 Å². The summed E-state index contributed by atoms with van der Waals surface area (Å²) in [6.07, 6.45) is 1.37. The van der Waals surface area contributed by atoms with Crippen LogP contribution < -0.4 is 9.47 Å². The van der Waals surface area contributed by atoms with E-state index in [1.807, 2.05) is 0 Å². The number of phenols is 2. The molecule has 1 aliphatic heterocycles. The zero-order chi connectivity index (χ0) is 26.3. The lowest BCUT2D eigenvalue weighted by Crippen LogP contribution is -2.36. The number of allylic oxidation sites excluding steroid dienone is 1. The van der Waals surface area contributed by atoms with E-state index in [1.54, 1.807) is 0 Å². The fourth-order valence-corrected chi connectivity index (χ4v) is 6.10. The fourth-order valence-electron chi connectivity index (χ4n) is 4.79. The number of hydrogen-bond acceptors (Lipinski definition) is 9. The van der Waals surface area contributed by atoms with Crippen LogP contribution >= 0.6 is 0 Å². The number of carbonyl (C=O) groups excluding carboxylic acids is 2. The Morgan fingerprint density at radius 3 is 2.36 bits per heavy atom. The van der Waals surface area contributed by atoms with Crippen LogP contribution in [0.5, 0.6) is 23.0 Å². The monoisotopic (exact) mass is 510 g/mol. The summed E-state index contributed by atoms with van der Waals surface area (Å²) in [5.41, 5.74) is -1.48. The van der Waals surface area contributed by atoms with Crippen LogP contribution in [0.2, 0.25) is 0 Å². The maximum absolute atomic E-state index is 13.9. The highest BCUT2D eigenvalue weighted by molar-refractivity contribution is 7.89. The van der Waals surface area contributed by atoms with Gasteiger partial charge in [-0.3, -0.25) is 9.59 Å². The first-order valence-electron chi connectivity index (χ1n) is 10.9. The molecule has 0 bridgehead atoms. The fraction of sp³-hybridized carbons (Fsp3) is 0.240. The lowest BCUT2D eigenvalue weighted by atomic mass is 9.71. The van der Waals surface area contributed by atoms with Crippen LogP contribution in [0, 0.1) is 13.8 Å². The number of Topliss-reactive ketones (excluding diaryl/α,β-unsaturated/α-hetero) is 2. The van der Waals surface area contributed by atoms with Crippen molar-refractivity contribution in [3.05, 3.63) is 63.7 Å². The minimum atomic E-state index is -4.21. The van der Waals surface area contributed by atoms with Crippen molar-refractivity contribution in [2.24, 2.45) is 0 Å². The molecule has 10 nitrogen and oxygen atoms in total. The SMILES string of the molecule is COc1ccc(S(=O)(=O)n2nc(C)c3c2C=C2Oc4c(C(C)=O)c(O)c(C)c(O)c4[C@@]2(C)C3=O)cc1. The summed E-state index contributed by atoms with van der Waals surface area (Å²) in [6, 6.07) is 5.72. The number of rotatable bonds is 4. The molecule has 1 atom stereocenters. The van der Waals surface area contributed by atoms with Gasteiger partial charge in [0.2, 0.25) is 0 Å². The predicted molar refractivity (Wildman–Crippen MR) is 127 cm³/mol. The zero-order valence-electron chi connectivity index (χ0n) is 20.0. The Morgan fingerprint density at radius 1 is 1.14 bits per heavy atom. The van der Waals surface area contributed by atoms with Crippen LogP contribution in [-0.2, 0) is 15.4 Å². The number of ether oxygens (including phenoxy) is 2. The van der Waals surface area contributed by atoms with Crippen LogP contribution in [-0.4, -0.2) is 46.5 Å². The van der Waals surface area contributed by atoms with E-state index in [2.05, 4.69) is 5.10 Å². The maximum atomic E-state index is 13.9. The number of methoxy groups -OCH3 is 1. The standard InChI is InChI=1S/C25H22N2O8S/c1-11-21(29)19(13(3)28)23-20(22(11)30)25(4)17(35-23)10-16-18(24(25)31)12(2)26-27(16)36(32,33)15-8-6-14(34-5)7-9-15/h6-10,29-30H,1-5H3/t25-/m0/s1. The molecule has 2 aliphatic rings. The molecule has 2 aromatic carbocycles. The highest BCUT2D eigenvalue weighted by atomic mass is 32.2. The molecule has 3 aromatic rings. The van der Waals surface area contributed by atoms with Gasteiger partial charge in [0, 0.05) is 11.6 Å². The molecule has 11 heteroatoms. The lowest BCUT2D eigenvalue weighted by molar-refractivity contribution is 0.0905. The summed E-state index contributed by atoms with van der Waals surface area (Å²) in [5.74, 6) is -1.57. The van der Waals surface area contributed by atoms with E-state index in [9.17, 15) is 28.2 Å². The molecule has 0 saturated carbocycles. The Kier molecular flexibility index (Phi) is 4.88. The molecular formula is C25H22N2O8S. The van der Waals surface area contributed by atoms with Gasteiger partial charge in [-0.2, -0.15) is 17.6 Å². The zero-order valence-corrected chi connectivity index (χ0v) is 20.8. The largest absolute Gasteiger partial charge is 0.507 e. The van der Waals surface area contributed by atoms with Crippen molar-refractivity contribution in [1.82, 2.24) is 9.19 Å². The Balaban J connectivity index is 1.75. The van der Waals surface area contributed by atoms with Crippen LogP contribution in [0.15, 0.2) is 34.9 Å². The first kappa shape index (κ1) is 23.6. The minimum absolute atomic E-state index is 0.00359. The van der Waals surface area contributed by atoms with E-state index in [0.29, 0.717) is 5.75 Å². The summed E-state index contributed by atoms with van der Waals surface area (Å²) in [4.78, 5) is 26.2. The normalized spacial score (nSPS) is 18.1. The second-order valence-electron chi connectivity index (χ2n) is 8.89. The highest BCUT2D eigenvalue weighted by Gasteiger charge is 2.56. The molecule has 0 spiro atoms. The first-order chi connectivity index (χ1) is 16.8. The Morgan fingerprint density at radius 2 is 1.78 bits per heavy atom. The molecule has 2 N–H and O–H groups in total. The molecule has 0 fully saturated rings. The van der Waals surface area contributed by atoms with Gasteiger partial charge in [0.05, 0.1) is 34.5 Å². The maximum Gasteiger partial charge on any atom is 0.283 e. The van der Waals surface area contributed by atoms with Crippen molar-refractivity contribution in [3.63, 3.8) is 0 Å². The van der Waals surface area contributed by atoms with Gasteiger partial charge < -0.3 is 19.7 Å². The van der Waals surface area contributed by atoms with Gasteiger partial charge in [0.25, 0.3) is 10.0 Å². The quantitative estimate of drug-likeness (QED) is 0.505. The second kappa shape index (κ2) is 7.44. The smallest absolute Gasteiger partial charge is 0.283 e. The van der Waals surface area contributed by atoms with Crippen LogP contribution in [0.4, 0.5) is 0 Å². The average molecular weight is 511 g/mol. The second-order valence-corrected chi connectivity index (χ2v) is 10.7. The van der Waals surface area contributed by atoms with E-state index in [0.717, 1.165) is 4.09 Å². The van der Waals surface area contributed by atoms with E-state index < -0.39 is 32.8 Å². The van der Waals surface area contributed by atoms with Crippen molar-refractivity contribution in [1.29, 1.82) is 0 Å². The molecule has 0 radical (unpaired) electrons. The summed E-state index contributed by atoms with van der Waals surface area (Å²) >= 11 is 0. The lowest BCUT2D eigenvalue weighted by Gasteiger charge is -2.27. The number of benzene rings is 2. The molecule has 186 valence electrons. The molecule has 0 amide bonds. The molecular weight excluding hydrogens is 488 g/mol. The number of aromatic hydroxyl groups is 2. The Hall–Kier alpha value is -4.12. The summed E-state index contributed by atoms with van der Waals surface area (Å²) in [6.45, 7) is 5.68. The topological polar surface area (TPSA) is 145 Å². The third kappa shape index (κ3) is 2.83. The van der Waals surface area contributed by atoms with E-state index >= 15 is 0 Å². The average Bonchev–Trinajstić information content (AvgIpc) is 3.32. The number of aryl methyl sites for hydroxylation is 1. The van der Waals surface area contributed by atoms with Crippen molar-refractivity contribution < 1.29 is 37.7 Å². The number of fused-ring (bicyclic) bond motifs is 4. The van der Waals surface area contributed by atoms with E-state index in [-0.39, 0.29) is 55.8 Å². The molecule has 2 heterocycles. The van der Waals surface area contributed by atoms with Crippen LogP contribution in [0.1, 0.15) is 57.1 Å². The van der Waals surface area contributed by atoms with Gasteiger partial charge in [0.1, 0.15) is 39.7 Å². The van der Waals surface area contributed by atoms with E-state index in [1.165, 1.54) is 65.1 Å². The number of phenolic OH excluding ortho intramolecular Hbond substituents is 2. The minimum Gasteiger partial charge on any atom is -0.507 e. The van der Waals surface area contributed by atoms with Crippen LogP contribution in [0.25, 0.3) is 6.08 Å². The van der Waals surface area contributed by atoms with Gasteiger partial charge >= 0.3 is 0 Å². The van der Waals surface area contributed by atoms with Gasteiger partial charge in [-0.05, 0) is 52.0 Å². The van der Waals surface area contributed by atoms with Gasteiger partial charge in [0.15, 0.2) is 11.6 Å². The summed E-state index contributed by atoms with van der Waals surface area (Å²) in [5, 5.41) is 25.6. The molecule has 1 aromatic heterocycles. The third-order valence-electron chi connectivity index (χ3n) is 6.79. The Bertz CT molecular complexity index is 1650. The number of aromatic nitrogens is 2. The van der Waals surface area contributed by atoms with Crippen molar-refractivity contribution in [3.8, 4) is 23.0 Å². The molecule has 5 rings (SSSR count). The van der Waals surface area contributed by atoms with Gasteiger partial charge in [-0.25, -0.2) is 0 Å². The highest BCUT2D eigenvalue weighted by Crippen LogP contribution is 2.58. The molecule has 0 saturated heterocycles. The third-order valence-corrected chi connectivity index (χ3v) is 8.40. The van der Waals surface area contributed by atoms with Gasteiger partial charge in [-0.15, -0.1) is 0 Å². The summed E-state index contributed by atoms with van der Waals surface area (Å²) < 4.78 is 38.7. The summed E-state index contributed by atoms with van der Waals surface area (Å²) in [7, 11) is -2.75.